The molecule has 2 nitrogen and oxygen atoms in total. The Morgan fingerprint density at radius 3 is 2.25 bits per heavy atom. The number of nitrogens with one attached hydrogen (secondary N) is 1. The van der Waals surface area contributed by atoms with E-state index in [0.717, 1.165) is 21.8 Å². The molecule has 0 saturated heterocycles. The average Bonchev–Trinajstić information content (AvgIpc) is 2.42. The molecule has 0 aromatic heterocycles. The van der Waals surface area contributed by atoms with Crippen molar-refractivity contribution in [2.45, 2.75) is 18.7 Å². The summed E-state index contributed by atoms with van der Waals surface area (Å²) in [7, 11) is 0. The van der Waals surface area contributed by atoms with E-state index in [4.69, 9.17) is 18.0 Å². The molecule has 4 heteroatoms. The molecule has 0 heterocycles. The van der Waals surface area contributed by atoms with Crippen LogP contribution in [0.2, 0.25) is 0 Å². The van der Waals surface area contributed by atoms with Gasteiger partial charge in [-0.25, -0.2) is 0 Å². The first kappa shape index (κ1) is 14.9. The van der Waals surface area contributed by atoms with Crippen LogP contribution in [-0.4, -0.2) is 11.2 Å². The van der Waals surface area contributed by atoms with Gasteiger partial charge in [0, 0.05) is 21.8 Å². The molecule has 0 unspecified atom stereocenters. The first-order valence-electron chi connectivity index (χ1n) is 6.34. The highest BCUT2D eigenvalue weighted by Gasteiger charge is 2.12. The van der Waals surface area contributed by atoms with Crippen molar-refractivity contribution in [3.8, 4) is 0 Å². The van der Waals surface area contributed by atoms with Crippen LogP contribution >= 0.6 is 24.0 Å². The lowest BCUT2D eigenvalue weighted by Gasteiger charge is -2.17. The maximum Gasteiger partial charge on any atom is 0.107 e. The number of thiocarbonyl (C=S) groups is 1. The van der Waals surface area contributed by atoms with Crippen molar-refractivity contribution in [1.29, 1.82) is 0 Å². The van der Waals surface area contributed by atoms with Gasteiger partial charge in [-0.05, 0) is 43.4 Å². The molecule has 0 radical (unpaired) electrons. The lowest BCUT2D eigenvalue weighted by molar-refractivity contribution is 1.34. The van der Waals surface area contributed by atoms with Crippen molar-refractivity contribution in [2.75, 3.05) is 11.6 Å². The van der Waals surface area contributed by atoms with Crippen LogP contribution in [0.15, 0.2) is 41.3 Å². The standard InChI is InChI=1S/C16H18N2S2/c1-10-6-4-7-11(2)15(10)18-12-8-5-9-13(20-3)14(12)16(17)19/h4-9,18H,1-3H3,(H2,17,19). The van der Waals surface area contributed by atoms with E-state index in [9.17, 15) is 0 Å². The number of nitrogens with two attached hydrogens (primary N) is 1. The van der Waals surface area contributed by atoms with Crippen LogP contribution in [-0.2, 0) is 0 Å². The van der Waals surface area contributed by atoms with E-state index in [-0.39, 0.29) is 0 Å². The van der Waals surface area contributed by atoms with Crippen LogP contribution in [0.1, 0.15) is 16.7 Å². The molecule has 0 bridgehead atoms. The summed E-state index contributed by atoms with van der Waals surface area (Å²) >= 11 is 6.86. The van der Waals surface area contributed by atoms with E-state index in [0.29, 0.717) is 4.99 Å². The smallest absolute Gasteiger partial charge is 0.107 e. The summed E-state index contributed by atoms with van der Waals surface area (Å²) in [5.41, 5.74) is 11.3. The fourth-order valence-electron chi connectivity index (χ4n) is 2.21. The summed E-state index contributed by atoms with van der Waals surface area (Å²) < 4.78 is 0. The zero-order chi connectivity index (χ0) is 14.7. The van der Waals surface area contributed by atoms with Crippen LogP contribution in [0, 0.1) is 13.8 Å². The van der Waals surface area contributed by atoms with E-state index in [1.807, 2.05) is 24.5 Å². The second-order valence-electron chi connectivity index (χ2n) is 4.64. The summed E-state index contributed by atoms with van der Waals surface area (Å²) in [5.74, 6) is 0. The number of hydrogen-bond acceptors (Lipinski definition) is 3. The highest BCUT2D eigenvalue weighted by atomic mass is 32.2. The fraction of sp³-hybridized carbons (Fsp3) is 0.188. The molecular weight excluding hydrogens is 284 g/mol. The van der Waals surface area contributed by atoms with Gasteiger partial charge in [0.2, 0.25) is 0 Å². The quantitative estimate of drug-likeness (QED) is 0.648. The van der Waals surface area contributed by atoms with E-state index in [1.165, 1.54) is 11.1 Å². The maximum atomic E-state index is 5.90. The van der Waals surface area contributed by atoms with Gasteiger partial charge in [-0.1, -0.05) is 36.5 Å². The first-order valence-corrected chi connectivity index (χ1v) is 7.98. The normalized spacial score (nSPS) is 10.3. The van der Waals surface area contributed by atoms with Crippen molar-refractivity contribution in [1.82, 2.24) is 0 Å². The molecule has 20 heavy (non-hydrogen) atoms. The molecule has 0 fully saturated rings. The second kappa shape index (κ2) is 6.29. The van der Waals surface area contributed by atoms with E-state index in [2.05, 4.69) is 37.4 Å². The van der Waals surface area contributed by atoms with Gasteiger partial charge in [0.1, 0.15) is 4.99 Å². The largest absolute Gasteiger partial charge is 0.389 e. The van der Waals surface area contributed by atoms with Gasteiger partial charge in [-0.3, -0.25) is 0 Å². The number of benzene rings is 2. The second-order valence-corrected chi connectivity index (χ2v) is 5.93. The molecular formula is C16H18N2S2. The van der Waals surface area contributed by atoms with Crippen molar-refractivity contribution in [3.63, 3.8) is 0 Å². The minimum atomic E-state index is 0.420. The Bertz CT molecular complexity index is 631. The number of anilines is 2. The highest BCUT2D eigenvalue weighted by molar-refractivity contribution is 7.98. The summed E-state index contributed by atoms with van der Waals surface area (Å²) in [6.45, 7) is 4.18. The van der Waals surface area contributed by atoms with Crippen LogP contribution in [0.3, 0.4) is 0 Å². The fourth-order valence-corrected chi connectivity index (χ4v) is 3.13. The maximum absolute atomic E-state index is 5.90. The molecule has 0 saturated carbocycles. The van der Waals surface area contributed by atoms with Crippen molar-refractivity contribution >= 4 is 40.3 Å². The Balaban J connectivity index is 2.51. The zero-order valence-electron chi connectivity index (χ0n) is 11.9. The predicted octanol–water partition coefficient (Wildman–Crippen LogP) is 4.40. The summed E-state index contributed by atoms with van der Waals surface area (Å²) in [5, 5.41) is 3.48. The predicted molar refractivity (Wildman–Crippen MR) is 93.3 cm³/mol. The summed E-state index contributed by atoms with van der Waals surface area (Å²) in [6, 6.07) is 12.3. The number of thioether (sulfide) groups is 1. The summed E-state index contributed by atoms with van der Waals surface area (Å²) in [6.07, 6.45) is 2.03. The van der Waals surface area contributed by atoms with Gasteiger partial charge >= 0.3 is 0 Å². The molecule has 0 aliphatic carbocycles. The van der Waals surface area contributed by atoms with E-state index in [1.54, 1.807) is 11.8 Å². The Labute approximate surface area is 129 Å². The Morgan fingerprint density at radius 1 is 1.10 bits per heavy atom. The Morgan fingerprint density at radius 2 is 1.70 bits per heavy atom. The topological polar surface area (TPSA) is 38.0 Å². The molecule has 0 spiro atoms. The van der Waals surface area contributed by atoms with Gasteiger partial charge < -0.3 is 11.1 Å². The van der Waals surface area contributed by atoms with Crippen molar-refractivity contribution in [3.05, 3.63) is 53.1 Å². The molecule has 104 valence electrons. The molecule has 0 aliphatic rings. The molecule has 2 rings (SSSR count). The van der Waals surface area contributed by atoms with Crippen molar-refractivity contribution in [2.24, 2.45) is 5.73 Å². The minimum Gasteiger partial charge on any atom is -0.389 e. The van der Waals surface area contributed by atoms with Gasteiger partial charge in [0.25, 0.3) is 0 Å². The monoisotopic (exact) mass is 302 g/mol. The van der Waals surface area contributed by atoms with Crippen molar-refractivity contribution < 1.29 is 0 Å². The molecule has 0 atom stereocenters. The number of aryl methyl sites for hydroxylation is 2. The zero-order valence-corrected chi connectivity index (χ0v) is 13.5. The molecule has 0 aliphatic heterocycles. The Kier molecular flexibility index (Phi) is 4.68. The Hall–Kier alpha value is -1.52. The van der Waals surface area contributed by atoms with E-state index >= 15 is 0 Å². The van der Waals surface area contributed by atoms with E-state index < -0.39 is 0 Å². The van der Waals surface area contributed by atoms with Crippen LogP contribution in [0.5, 0.6) is 0 Å². The first-order chi connectivity index (χ1) is 9.54. The molecule has 2 aromatic carbocycles. The van der Waals surface area contributed by atoms with Crippen LogP contribution in [0.4, 0.5) is 11.4 Å². The third kappa shape index (κ3) is 2.97. The lowest BCUT2D eigenvalue weighted by Crippen LogP contribution is -2.13. The minimum absolute atomic E-state index is 0.420. The lowest BCUT2D eigenvalue weighted by atomic mass is 10.1. The molecule has 3 N–H and O–H groups in total. The SMILES string of the molecule is CSc1cccc(Nc2c(C)cccc2C)c1C(N)=S. The van der Waals surface area contributed by atoms with Crippen LogP contribution < -0.4 is 11.1 Å². The van der Waals surface area contributed by atoms with Crippen LogP contribution in [0.25, 0.3) is 0 Å². The summed E-state index contributed by atoms with van der Waals surface area (Å²) in [4.78, 5) is 1.51. The number of para-hydroxylation sites is 1. The molecule has 2 aromatic rings. The third-order valence-corrected chi connectivity index (χ3v) is 4.22. The molecule has 0 amide bonds. The van der Waals surface area contributed by atoms with Gasteiger partial charge in [-0.2, -0.15) is 0 Å². The van der Waals surface area contributed by atoms with Gasteiger partial charge in [-0.15, -0.1) is 11.8 Å². The highest BCUT2D eigenvalue weighted by Crippen LogP contribution is 2.31. The third-order valence-electron chi connectivity index (χ3n) is 3.23. The average molecular weight is 302 g/mol. The number of rotatable bonds is 4. The van der Waals surface area contributed by atoms with Gasteiger partial charge in [0.05, 0.1) is 0 Å². The number of hydrogen-bond donors (Lipinski definition) is 2. The van der Waals surface area contributed by atoms with Gasteiger partial charge in [0.15, 0.2) is 0 Å².